The predicted molar refractivity (Wildman–Crippen MR) is 115 cm³/mol. The van der Waals surface area contributed by atoms with Gasteiger partial charge in [0.15, 0.2) is 0 Å². The lowest BCUT2D eigenvalue weighted by molar-refractivity contribution is -0.153. The van der Waals surface area contributed by atoms with Crippen molar-refractivity contribution in [2.24, 2.45) is 11.8 Å². The van der Waals surface area contributed by atoms with Crippen LogP contribution in [-0.4, -0.2) is 51.1 Å². The van der Waals surface area contributed by atoms with Crippen LogP contribution >= 0.6 is 0 Å². The molecule has 0 rings (SSSR count). The summed E-state index contributed by atoms with van der Waals surface area (Å²) in [4.78, 5) is 24.0. The SMILES string of the molecule is CCCCC(CC)C(=O)OCCOCC(C)OCCOC(=O)C(CC)CCCC. The van der Waals surface area contributed by atoms with E-state index in [2.05, 4.69) is 13.8 Å². The monoisotopic (exact) mass is 416 g/mol. The Morgan fingerprint density at radius 2 is 1.21 bits per heavy atom. The summed E-state index contributed by atoms with van der Waals surface area (Å²) in [5, 5.41) is 0. The number of hydrogen-bond donors (Lipinski definition) is 0. The van der Waals surface area contributed by atoms with Crippen molar-refractivity contribution in [2.75, 3.05) is 33.0 Å². The summed E-state index contributed by atoms with van der Waals surface area (Å²) in [6.07, 6.45) is 7.55. The first-order chi connectivity index (χ1) is 14.0. The highest BCUT2D eigenvalue weighted by atomic mass is 16.6. The van der Waals surface area contributed by atoms with E-state index >= 15 is 0 Å². The number of carbonyl (C=O) groups is 2. The maximum Gasteiger partial charge on any atom is 0.308 e. The highest BCUT2D eigenvalue weighted by molar-refractivity contribution is 5.72. The molecule has 3 atom stereocenters. The van der Waals surface area contributed by atoms with Gasteiger partial charge < -0.3 is 18.9 Å². The van der Waals surface area contributed by atoms with Gasteiger partial charge >= 0.3 is 11.9 Å². The van der Waals surface area contributed by atoms with Crippen molar-refractivity contribution in [3.05, 3.63) is 0 Å². The Morgan fingerprint density at radius 3 is 1.66 bits per heavy atom. The quantitative estimate of drug-likeness (QED) is 0.220. The number of ether oxygens (including phenoxy) is 4. The van der Waals surface area contributed by atoms with Gasteiger partial charge in [-0.25, -0.2) is 0 Å². The van der Waals surface area contributed by atoms with Crippen LogP contribution in [0.25, 0.3) is 0 Å². The minimum absolute atomic E-state index is 0.00537. The fraction of sp³-hybridized carbons (Fsp3) is 0.913. The second kappa shape index (κ2) is 18.9. The molecule has 0 spiro atoms. The molecule has 0 saturated heterocycles. The molecule has 6 nitrogen and oxygen atoms in total. The lowest BCUT2D eigenvalue weighted by Gasteiger charge is -2.16. The molecule has 0 aromatic rings. The topological polar surface area (TPSA) is 71.1 Å². The van der Waals surface area contributed by atoms with Crippen molar-refractivity contribution < 1.29 is 28.5 Å². The van der Waals surface area contributed by atoms with Crippen molar-refractivity contribution in [1.82, 2.24) is 0 Å². The molecule has 3 unspecified atom stereocenters. The molecule has 0 saturated carbocycles. The number of rotatable bonds is 19. The molecular weight excluding hydrogens is 372 g/mol. The normalized spacial score (nSPS) is 14.2. The number of unbranched alkanes of at least 4 members (excludes halogenated alkanes) is 2. The van der Waals surface area contributed by atoms with Crippen LogP contribution in [0.4, 0.5) is 0 Å². The molecule has 172 valence electrons. The highest BCUT2D eigenvalue weighted by Gasteiger charge is 2.18. The Hall–Kier alpha value is -1.14. The zero-order chi connectivity index (χ0) is 21.9. The van der Waals surface area contributed by atoms with Crippen LogP contribution < -0.4 is 0 Å². The molecule has 0 amide bonds. The lowest BCUT2D eigenvalue weighted by Crippen LogP contribution is -2.24. The van der Waals surface area contributed by atoms with E-state index in [-0.39, 0.29) is 43.1 Å². The molecule has 0 aliphatic heterocycles. The molecule has 29 heavy (non-hydrogen) atoms. The maximum atomic E-state index is 12.0. The van der Waals surface area contributed by atoms with Gasteiger partial charge in [-0.2, -0.15) is 0 Å². The third-order valence-electron chi connectivity index (χ3n) is 5.02. The molecule has 0 fully saturated rings. The van der Waals surface area contributed by atoms with Gasteiger partial charge in [-0.15, -0.1) is 0 Å². The van der Waals surface area contributed by atoms with Crippen molar-refractivity contribution in [1.29, 1.82) is 0 Å². The van der Waals surface area contributed by atoms with Gasteiger partial charge in [-0.05, 0) is 32.6 Å². The molecular formula is C23H44O6. The molecule has 0 heterocycles. The molecule has 0 aliphatic carbocycles. The highest BCUT2D eigenvalue weighted by Crippen LogP contribution is 2.15. The van der Waals surface area contributed by atoms with E-state index in [1.54, 1.807) is 0 Å². The molecule has 0 bridgehead atoms. The number of carbonyl (C=O) groups excluding carboxylic acids is 2. The van der Waals surface area contributed by atoms with Crippen LogP contribution in [0.15, 0.2) is 0 Å². The summed E-state index contributed by atoms with van der Waals surface area (Å²) in [6.45, 7) is 11.8. The third-order valence-corrected chi connectivity index (χ3v) is 5.02. The van der Waals surface area contributed by atoms with Gasteiger partial charge in [-0.1, -0.05) is 53.4 Å². The molecule has 0 aromatic carbocycles. The molecule has 0 radical (unpaired) electrons. The minimum atomic E-state index is -0.125. The Kier molecular flexibility index (Phi) is 18.1. The van der Waals surface area contributed by atoms with Crippen LogP contribution in [0.3, 0.4) is 0 Å². The van der Waals surface area contributed by atoms with Crippen LogP contribution in [0.1, 0.15) is 86.0 Å². The Bertz CT molecular complexity index is 412. The standard InChI is InChI=1S/C23H44O6/c1-6-10-12-20(8-3)22(24)28-15-14-26-18-19(5)27-16-17-29-23(25)21(9-4)13-11-7-2/h19-21H,6-18H2,1-5H3. The van der Waals surface area contributed by atoms with Gasteiger partial charge in [-0.3, -0.25) is 9.59 Å². The third kappa shape index (κ3) is 14.5. The summed E-state index contributed by atoms with van der Waals surface area (Å²) < 4.78 is 21.7. The predicted octanol–water partition coefficient (Wildman–Crippen LogP) is 4.93. The first-order valence-electron chi connectivity index (χ1n) is 11.5. The maximum absolute atomic E-state index is 12.0. The van der Waals surface area contributed by atoms with Crippen LogP contribution in [0, 0.1) is 11.8 Å². The van der Waals surface area contributed by atoms with Gasteiger partial charge in [0.25, 0.3) is 0 Å². The largest absolute Gasteiger partial charge is 0.463 e. The van der Waals surface area contributed by atoms with Gasteiger partial charge in [0.1, 0.15) is 13.2 Å². The van der Waals surface area contributed by atoms with E-state index in [1.807, 2.05) is 20.8 Å². The van der Waals surface area contributed by atoms with Crippen molar-refractivity contribution in [3.63, 3.8) is 0 Å². The Labute approximate surface area is 178 Å². The molecule has 0 aliphatic rings. The van der Waals surface area contributed by atoms with E-state index in [9.17, 15) is 9.59 Å². The van der Waals surface area contributed by atoms with Crippen molar-refractivity contribution >= 4 is 11.9 Å². The summed E-state index contributed by atoms with van der Waals surface area (Å²) in [6, 6.07) is 0. The summed E-state index contributed by atoms with van der Waals surface area (Å²) >= 11 is 0. The fourth-order valence-electron chi connectivity index (χ4n) is 3.00. The first kappa shape index (κ1) is 27.9. The average molecular weight is 417 g/mol. The van der Waals surface area contributed by atoms with Gasteiger partial charge in [0.05, 0.1) is 37.8 Å². The van der Waals surface area contributed by atoms with Crippen LogP contribution in [-0.2, 0) is 28.5 Å². The number of esters is 2. The first-order valence-corrected chi connectivity index (χ1v) is 11.5. The molecule has 6 heteroatoms. The summed E-state index contributed by atoms with van der Waals surface area (Å²) in [7, 11) is 0. The Morgan fingerprint density at radius 1 is 0.724 bits per heavy atom. The van der Waals surface area contributed by atoms with Crippen LogP contribution in [0.2, 0.25) is 0 Å². The summed E-state index contributed by atoms with van der Waals surface area (Å²) in [5.41, 5.74) is 0. The lowest BCUT2D eigenvalue weighted by atomic mass is 10.00. The fourth-order valence-corrected chi connectivity index (χ4v) is 3.00. The second-order valence-corrected chi connectivity index (χ2v) is 7.59. The van der Waals surface area contributed by atoms with E-state index < -0.39 is 0 Å². The smallest absolute Gasteiger partial charge is 0.308 e. The summed E-state index contributed by atoms with van der Waals surface area (Å²) in [5.74, 6) is -0.263. The minimum Gasteiger partial charge on any atom is -0.463 e. The molecule has 0 N–H and O–H groups in total. The van der Waals surface area contributed by atoms with Gasteiger partial charge in [0, 0.05) is 0 Å². The zero-order valence-electron chi connectivity index (χ0n) is 19.4. The van der Waals surface area contributed by atoms with Crippen molar-refractivity contribution in [2.45, 2.75) is 92.1 Å². The van der Waals surface area contributed by atoms with E-state index in [0.29, 0.717) is 19.8 Å². The Balaban J connectivity index is 3.75. The average Bonchev–Trinajstić information content (AvgIpc) is 2.72. The number of hydrogen-bond acceptors (Lipinski definition) is 6. The van der Waals surface area contributed by atoms with E-state index in [1.165, 1.54) is 0 Å². The van der Waals surface area contributed by atoms with Crippen molar-refractivity contribution in [3.8, 4) is 0 Å². The van der Waals surface area contributed by atoms with E-state index in [4.69, 9.17) is 18.9 Å². The van der Waals surface area contributed by atoms with Gasteiger partial charge in [0.2, 0.25) is 0 Å². The zero-order valence-corrected chi connectivity index (χ0v) is 19.4. The van der Waals surface area contributed by atoms with E-state index in [0.717, 1.165) is 51.4 Å². The van der Waals surface area contributed by atoms with Crippen LogP contribution in [0.5, 0.6) is 0 Å². The second-order valence-electron chi connectivity index (χ2n) is 7.59. The molecule has 0 aromatic heterocycles.